The van der Waals surface area contributed by atoms with E-state index in [1.807, 2.05) is 55.5 Å². The molecule has 1 aliphatic carbocycles. The molecule has 0 radical (unpaired) electrons. The van der Waals surface area contributed by atoms with E-state index in [1.165, 1.54) is 31.4 Å². The first-order chi connectivity index (χ1) is 21.3. The van der Waals surface area contributed by atoms with E-state index in [0.29, 0.717) is 51.5 Å². The van der Waals surface area contributed by atoms with E-state index in [4.69, 9.17) is 9.57 Å². The number of nitrogens with one attached hydrogen (secondary N) is 2. The molecule has 1 saturated heterocycles. The third-order valence-electron chi connectivity index (χ3n) is 8.89. The molecule has 44 heavy (non-hydrogen) atoms. The Morgan fingerprint density at radius 1 is 1.00 bits per heavy atom. The summed E-state index contributed by atoms with van der Waals surface area (Å²) in [7, 11) is 2.98. The number of ether oxygens (including phenoxy) is 1. The SMILES string of the molecule is COC(=O)c1cc2c(cc1C)/C(=C(/Nc1ccc(C(=O)N(C)OCCN3CC4CCC(C4)C3)cc1)c1ccccc1)C(=O)N2. The molecule has 3 aromatic carbocycles. The molecule has 228 valence electrons. The number of esters is 1. The number of hydroxylamine groups is 2. The van der Waals surface area contributed by atoms with E-state index < -0.39 is 5.97 Å². The summed E-state index contributed by atoms with van der Waals surface area (Å²) in [5, 5.41) is 7.63. The molecule has 9 heteroatoms. The molecule has 9 nitrogen and oxygen atoms in total. The minimum Gasteiger partial charge on any atom is -0.465 e. The van der Waals surface area contributed by atoms with Gasteiger partial charge in [0.2, 0.25) is 0 Å². The molecular weight excluding hydrogens is 556 g/mol. The van der Waals surface area contributed by atoms with Crippen molar-refractivity contribution in [2.75, 3.05) is 51.0 Å². The van der Waals surface area contributed by atoms with Gasteiger partial charge in [-0.1, -0.05) is 30.3 Å². The van der Waals surface area contributed by atoms with Gasteiger partial charge in [-0.15, -0.1) is 0 Å². The average Bonchev–Trinajstić information content (AvgIpc) is 3.55. The fourth-order valence-electron chi connectivity index (χ4n) is 6.67. The monoisotopic (exact) mass is 594 g/mol. The summed E-state index contributed by atoms with van der Waals surface area (Å²) in [5.74, 6) is 0.672. The maximum absolute atomic E-state index is 13.3. The Bertz CT molecular complexity index is 1590. The molecule has 6 rings (SSSR count). The van der Waals surface area contributed by atoms with Crippen molar-refractivity contribution in [3.63, 3.8) is 0 Å². The molecule has 3 aromatic rings. The fourth-order valence-corrected chi connectivity index (χ4v) is 6.67. The summed E-state index contributed by atoms with van der Waals surface area (Å²) in [6.07, 6.45) is 4.04. The lowest BCUT2D eigenvalue weighted by Gasteiger charge is -2.31. The van der Waals surface area contributed by atoms with E-state index in [9.17, 15) is 14.4 Å². The van der Waals surface area contributed by atoms with Gasteiger partial charge >= 0.3 is 5.97 Å². The largest absolute Gasteiger partial charge is 0.465 e. The Labute approximate surface area is 257 Å². The van der Waals surface area contributed by atoms with Gasteiger partial charge in [-0.25, -0.2) is 9.86 Å². The lowest BCUT2D eigenvalue weighted by Crippen LogP contribution is -2.39. The van der Waals surface area contributed by atoms with Gasteiger partial charge < -0.3 is 20.3 Å². The summed E-state index contributed by atoms with van der Waals surface area (Å²) in [6.45, 7) is 5.38. The van der Waals surface area contributed by atoms with Crippen LogP contribution < -0.4 is 10.6 Å². The molecule has 1 saturated carbocycles. The van der Waals surface area contributed by atoms with E-state index in [0.717, 1.165) is 37.0 Å². The van der Waals surface area contributed by atoms with Gasteiger partial charge in [0.25, 0.3) is 11.8 Å². The molecule has 0 spiro atoms. The van der Waals surface area contributed by atoms with Gasteiger partial charge in [0, 0.05) is 43.5 Å². The summed E-state index contributed by atoms with van der Waals surface area (Å²) < 4.78 is 4.91. The number of carbonyl (C=O) groups is 3. The van der Waals surface area contributed by atoms with Crippen molar-refractivity contribution in [1.82, 2.24) is 9.96 Å². The Hall–Kier alpha value is -4.47. The van der Waals surface area contributed by atoms with Gasteiger partial charge in [0.05, 0.1) is 36.2 Å². The van der Waals surface area contributed by atoms with Gasteiger partial charge in [0.15, 0.2) is 0 Å². The predicted molar refractivity (Wildman–Crippen MR) is 170 cm³/mol. The topological polar surface area (TPSA) is 100 Å². The number of aryl methyl sites for hydroxylation is 1. The first-order valence-electron chi connectivity index (χ1n) is 15.2. The number of fused-ring (bicyclic) bond motifs is 3. The Kier molecular flexibility index (Phi) is 8.50. The smallest absolute Gasteiger partial charge is 0.338 e. The number of hydrogen-bond acceptors (Lipinski definition) is 7. The molecular formula is C35H38N4O5. The first-order valence-corrected chi connectivity index (χ1v) is 15.2. The van der Waals surface area contributed by atoms with Crippen molar-refractivity contribution >= 4 is 40.4 Å². The normalized spacial score (nSPS) is 20.1. The lowest BCUT2D eigenvalue weighted by molar-refractivity contribution is -0.111. The van der Waals surface area contributed by atoms with Crippen LogP contribution in [-0.2, 0) is 14.4 Å². The van der Waals surface area contributed by atoms with E-state index >= 15 is 0 Å². The number of rotatable bonds is 9. The highest BCUT2D eigenvalue weighted by atomic mass is 16.7. The number of carbonyl (C=O) groups excluding carboxylic acids is 3. The van der Waals surface area contributed by atoms with Gasteiger partial charge in [-0.2, -0.15) is 0 Å². The number of anilines is 2. The molecule has 2 bridgehead atoms. The van der Waals surface area contributed by atoms with Crippen LogP contribution in [-0.4, -0.2) is 68.1 Å². The highest BCUT2D eigenvalue weighted by molar-refractivity contribution is 6.37. The maximum Gasteiger partial charge on any atom is 0.338 e. The zero-order valence-corrected chi connectivity index (χ0v) is 25.4. The zero-order valence-electron chi connectivity index (χ0n) is 25.4. The summed E-state index contributed by atoms with van der Waals surface area (Å²) in [5.41, 5.74) is 5.42. The Balaban J connectivity index is 1.18. The van der Waals surface area contributed by atoms with E-state index in [-0.39, 0.29) is 11.8 Å². The van der Waals surface area contributed by atoms with Crippen molar-refractivity contribution in [2.45, 2.75) is 26.2 Å². The standard InChI is InChI=1S/C35H38N4O5/c1-22-17-29-30(19-28(22)35(42)43-3)37-33(40)31(29)32(25-7-5-4-6-8-25)36-27-13-11-26(12-14-27)34(41)38(2)44-16-15-39-20-23-9-10-24(18-23)21-39/h4-8,11-14,17,19,23-24,36H,9-10,15-16,18,20-21H2,1-3H3,(H,37,40)/b32-31-. The molecule has 2 fully saturated rings. The summed E-state index contributed by atoms with van der Waals surface area (Å²) in [6, 6.07) is 20.2. The van der Waals surface area contributed by atoms with Crippen LogP contribution in [0.2, 0.25) is 0 Å². The van der Waals surface area contributed by atoms with Crippen LogP contribution >= 0.6 is 0 Å². The molecule has 2 unspecified atom stereocenters. The number of piperidine rings is 1. The number of likely N-dealkylation sites (tertiary alicyclic amines) is 1. The van der Waals surface area contributed by atoms with Crippen LogP contribution in [0.5, 0.6) is 0 Å². The fraction of sp³-hybridized carbons (Fsp3) is 0.343. The maximum atomic E-state index is 13.3. The van der Waals surface area contributed by atoms with E-state index in [2.05, 4.69) is 15.5 Å². The molecule has 2 N–H and O–H groups in total. The van der Waals surface area contributed by atoms with Crippen LogP contribution in [0.4, 0.5) is 11.4 Å². The van der Waals surface area contributed by atoms with E-state index in [1.54, 1.807) is 25.2 Å². The predicted octanol–water partition coefficient (Wildman–Crippen LogP) is 5.45. The number of methoxy groups -OCH3 is 1. The van der Waals surface area contributed by atoms with Crippen molar-refractivity contribution < 1.29 is 24.0 Å². The Morgan fingerprint density at radius 3 is 2.39 bits per heavy atom. The third-order valence-corrected chi connectivity index (χ3v) is 8.89. The van der Waals surface area contributed by atoms with Gasteiger partial charge in [-0.3, -0.25) is 14.4 Å². The quantitative estimate of drug-likeness (QED) is 0.193. The van der Waals surface area contributed by atoms with Crippen LogP contribution in [0.1, 0.15) is 56.7 Å². The van der Waals surface area contributed by atoms with Gasteiger partial charge in [-0.05, 0) is 85.5 Å². The summed E-state index contributed by atoms with van der Waals surface area (Å²) in [4.78, 5) is 47.0. The number of benzene rings is 3. The minimum absolute atomic E-state index is 0.224. The number of hydrogen-bond donors (Lipinski definition) is 2. The molecule has 0 aromatic heterocycles. The molecule has 2 atom stereocenters. The first kappa shape index (κ1) is 29.6. The van der Waals surface area contributed by atoms with Crippen molar-refractivity contribution in [3.05, 3.63) is 94.5 Å². The van der Waals surface area contributed by atoms with Crippen LogP contribution in [0.25, 0.3) is 11.3 Å². The second-order valence-corrected chi connectivity index (χ2v) is 11.9. The summed E-state index contributed by atoms with van der Waals surface area (Å²) >= 11 is 0. The molecule has 2 aliphatic heterocycles. The lowest BCUT2D eigenvalue weighted by atomic mass is 9.96. The van der Waals surface area contributed by atoms with Crippen LogP contribution in [0.15, 0.2) is 66.7 Å². The highest BCUT2D eigenvalue weighted by Crippen LogP contribution is 2.39. The third kappa shape index (κ3) is 6.11. The van der Waals surface area contributed by atoms with Crippen molar-refractivity contribution in [3.8, 4) is 0 Å². The number of nitrogens with zero attached hydrogens (tertiary/aromatic N) is 2. The second kappa shape index (κ2) is 12.6. The van der Waals surface area contributed by atoms with Gasteiger partial charge in [0.1, 0.15) is 0 Å². The molecule has 2 amide bonds. The molecule has 3 aliphatic rings. The number of amides is 2. The second-order valence-electron chi connectivity index (χ2n) is 11.9. The van der Waals surface area contributed by atoms with Crippen LogP contribution in [0, 0.1) is 18.8 Å². The van der Waals surface area contributed by atoms with Crippen molar-refractivity contribution in [2.24, 2.45) is 11.8 Å². The average molecular weight is 595 g/mol. The molecule has 2 heterocycles. The highest BCUT2D eigenvalue weighted by Gasteiger charge is 2.33. The minimum atomic E-state index is -0.460. The van der Waals surface area contributed by atoms with Crippen LogP contribution in [0.3, 0.4) is 0 Å². The Morgan fingerprint density at radius 2 is 1.70 bits per heavy atom. The van der Waals surface area contributed by atoms with Crippen molar-refractivity contribution in [1.29, 1.82) is 0 Å². The zero-order chi connectivity index (χ0) is 30.8.